The van der Waals surface area contributed by atoms with E-state index in [1.54, 1.807) is 0 Å². The molecular formula is C20H28N4O. The Morgan fingerprint density at radius 3 is 2.96 bits per heavy atom. The Balaban J connectivity index is 1.38. The molecule has 4 aliphatic rings. The number of rotatable bonds is 3. The van der Waals surface area contributed by atoms with E-state index in [9.17, 15) is 4.79 Å². The summed E-state index contributed by atoms with van der Waals surface area (Å²) in [5.41, 5.74) is 2.59. The summed E-state index contributed by atoms with van der Waals surface area (Å²) in [4.78, 5) is 18.3. The maximum absolute atomic E-state index is 13.7. The van der Waals surface area contributed by atoms with Gasteiger partial charge in [0.15, 0.2) is 0 Å². The van der Waals surface area contributed by atoms with Crippen LogP contribution in [0.5, 0.6) is 0 Å². The quantitative estimate of drug-likeness (QED) is 0.920. The molecule has 25 heavy (non-hydrogen) atoms. The van der Waals surface area contributed by atoms with Crippen LogP contribution in [0.15, 0.2) is 18.5 Å². The standard InChI is InChI=1S/C20H28N4O/c1-23-10-9-13-3-2-4-17(19(13)23)20(25)24(15-5-6-15)16-7-8-18-14(11-16)12-21-22-18/h9-10,12-13,15-17,19H,2-8,11H2,1H3,(H,21,22). The minimum atomic E-state index is 0.171. The van der Waals surface area contributed by atoms with Gasteiger partial charge in [-0.3, -0.25) is 9.89 Å². The third-order valence-corrected chi connectivity index (χ3v) is 6.84. The van der Waals surface area contributed by atoms with Gasteiger partial charge in [0.25, 0.3) is 0 Å². The van der Waals surface area contributed by atoms with E-state index in [1.807, 2.05) is 6.20 Å². The first-order chi connectivity index (χ1) is 12.2. The number of aromatic nitrogens is 2. The highest BCUT2D eigenvalue weighted by Gasteiger charge is 2.47. The second kappa shape index (κ2) is 5.89. The average molecular weight is 340 g/mol. The van der Waals surface area contributed by atoms with Crippen molar-refractivity contribution >= 4 is 5.91 Å². The number of hydrogen-bond acceptors (Lipinski definition) is 3. The zero-order chi connectivity index (χ0) is 17.0. The fourth-order valence-electron chi connectivity index (χ4n) is 5.46. The molecule has 1 aromatic heterocycles. The molecule has 5 nitrogen and oxygen atoms in total. The van der Waals surface area contributed by atoms with Crippen molar-refractivity contribution in [3.63, 3.8) is 0 Å². The largest absolute Gasteiger partial charge is 0.376 e. The summed E-state index contributed by atoms with van der Waals surface area (Å²) in [6, 6.07) is 1.24. The Morgan fingerprint density at radius 1 is 1.24 bits per heavy atom. The summed E-state index contributed by atoms with van der Waals surface area (Å²) in [5, 5.41) is 7.33. The number of carbonyl (C=O) groups excluding carboxylic acids is 1. The molecule has 3 aliphatic carbocycles. The van der Waals surface area contributed by atoms with Gasteiger partial charge in [-0.2, -0.15) is 5.10 Å². The molecule has 2 saturated carbocycles. The van der Waals surface area contributed by atoms with Crippen LogP contribution >= 0.6 is 0 Å². The van der Waals surface area contributed by atoms with Gasteiger partial charge in [-0.1, -0.05) is 12.5 Å². The molecule has 4 atom stereocenters. The van der Waals surface area contributed by atoms with Crippen LogP contribution in [0.3, 0.4) is 0 Å². The van der Waals surface area contributed by atoms with Crippen LogP contribution in [0.4, 0.5) is 0 Å². The SMILES string of the molecule is CN1C=CC2CCCC(C(=O)N(C3CC3)C3CCc4[nH]ncc4C3)C21. The molecule has 0 bridgehead atoms. The van der Waals surface area contributed by atoms with Gasteiger partial charge in [0, 0.05) is 30.9 Å². The van der Waals surface area contributed by atoms with Crippen molar-refractivity contribution in [2.45, 2.75) is 69.5 Å². The van der Waals surface area contributed by atoms with E-state index < -0.39 is 0 Å². The average Bonchev–Trinajstić information content (AvgIpc) is 3.21. The molecule has 1 aromatic rings. The first-order valence-electron chi connectivity index (χ1n) is 9.96. The van der Waals surface area contributed by atoms with Gasteiger partial charge in [0.1, 0.15) is 0 Å². The molecule has 5 rings (SSSR count). The summed E-state index contributed by atoms with van der Waals surface area (Å²) in [5.74, 6) is 1.18. The second-order valence-electron chi connectivity index (χ2n) is 8.45. The smallest absolute Gasteiger partial charge is 0.228 e. The fourth-order valence-corrected chi connectivity index (χ4v) is 5.46. The molecule has 2 heterocycles. The van der Waals surface area contributed by atoms with Crippen molar-refractivity contribution < 1.29 is 4.79 Å². The van der Waals surface area contributed by atoms with E-state index >= 15 is 0 Å². The highest BCUT2D eigenvalue weighted by atomic mass is 16.2. The maximum Gasteiger partial charge on any atom is 0.228 e. The number of nitrogens with zero attached hydrogens (tertiary/aromatic N) is 3. The van der Waals surface area contributed by atoms with Crippen LogP contribution in [0.2, 0.25) is 0 Å². The Hall–Kier alpha value is -1.78. The van der Waals surface area contributed by atoms with Crippen LogP contribution in [0, 0.1) is 11.8 Å². The van der Waals surface area contributed by atoms with Crippen LogP contribution in [0.1, 0.15) is 49.8 Å². The fraction of sp³-hybridized carbons (Fsp3) is 0.700. The number of hydrogen-bond donors (Lipinski definition) is 1. The van der Waals surface area contributed by atoms with Gasteiger partial charge < -0.3 is 9.80 Å². The van der Waals surface area contributed by atoms with E-state index in [0.717, 1.165) is 25.7 Å². The molecule has 1 aliphatic heterocycles. The van der Waals surface area contributed by atoms with Crippen LogP contribution in [-0.4, -0.2) is 51.1 Å². The Bertz CT molecular complexity index is 692. The third kappa shape index (κ3) is 2.59. The maximum atomic E-state index is 13.7. The second-order valence-corrected chi connectivity index (χ2v) is 8.45. The molecule has 1 N–H and O–H groups in total. The Morgan fingerprint density at radius 2 is 2.12 bits per heavy atom. The molecule has 0 aromatic carbocycles. The van der Waals surface area contributed by atoms with Crippen LogP contribution in [-0.2, 0) is 17.6 Å². The molecule has 0 spiro atoms. The zero-order valence-electron chi connectivity index (χ0n) is 15.0. The summed E-state index contributed by atoms with van der Waals surface area (Å²) in [6.45, 7) is 0. The predicted octanol–water partition coefficient (Wildman–Crippen LogP) is 2.50. The number of amides is 1. The first-order valence-corrected chi connectivity index (χ1v) is 9.96. The zero-order valence-corrected chi connectivity index (χ0v) is 15.0. The number of H-pyrrole nitrogens is 1. The number of carbonyl (C=O) groups is 1. The summed E-state index contributed by atoms with van der Waals surface area (Å²) in [7, 11) is 2.15. The van der Waals surface area contributed by atoms with Crippen LogP contribution < -0.4 is 0 Å². The molecular weight excluding hydrogens is 312 g/mol. The van der Waals surface area contributed by atoms with Gasteiger partial charge in [-0.05, 0) is 62.6 Å². The van der Waals surface area contributed by atoms with E-state index in [0.29, 0.717) is 30.0 Å². The minimum absolute atomic E-state index is 0.171. The van der Waals surface area contributed by atoms with E-state index in [2.05, 4.69) is 39.3 Å². The molecule has 5 heteroatoms. The topological polar surface area (TPSA) is 52.2 Å². The van der Waals surface area contributed by atoms with Gasteiger partial charge >= 0.3 is 0 Å². The number of nitrogens with one attached hydrogen (secondary N) is 1. The number of aryl methyl sites for hydroxylation is 1. The molecule has 134 valence electrons. The molecule has 0 saturated heterocycles. The lowest BCUT2D eigenvalue weighted by Gasteiger charge is -2.42. The van der Waals surface area contributed by atoms with Crippen molar-refractivity contribution in [3.8, 4) is 0 Å². The number of fused-ring (bicyclic) bond motifs is 2. The van der Waals surface area contributed by atoms with Crippen molar-refractivity contribution in [2.24, 2.45) is 11.8 Å². The first kappa shape index (κ1) is 15.5. The normalized spacial score (nSPS) is 33.9. The Labute approximate surface area is 149 Å². The van der Waals surface area contributed by atoms with Crippen molar-refractivity contribution in [3.05, 3.63) is 29.7 Å². The highest BCUT2D eigenvalue weighted by Crippen LogP contribution is 2.41. The molecule has 1 amide bonds. The lowest BCUT2D eigenvalue weighted by atomic mass is 9.76. The molecule has 0 radical (unpaired) electrons. The van der Waals surface area contributed by atoms with E-state index in [-0.39, 0.29) is 5.92 Å². The van der Waals surface area contributed by atoms with Crippen molar-refractivity contribution in [2.75, 3.05) is 7.05 Å². The van der Waals surface area contributed by atoms with Gasteiger partial charge in [0.05, 0.1) is 12.1 Å². The van der Waals surface area contributed by atoms with Crippen molar-refractivity contribution in [1.29, 1.82) is 0 Å². The van der Waals surface area contributed by atoms with E-state index in [4.69, 9.17) is 0 Å². The van der Waals surface area contributed by atoms with Gasteiger partial charge in [-0.25, -0.2) is 0 Å². The predicted molar refractivity (Wildman–Crippen MR) is 95.8 cm³/mol. The van der Waals surface area contributed by atoms with Crippen molar-refractivity contribution in [1.82, 2.24) is 20.0 Å². The van der Waals surface area contributed by atoms with E-state index in [1.165, 1.54) is 36.9 Å². The molecule has 4 unspecified atom stereocenters. The van der Waals surface area contributed by atoms with Crippen LogP contribution in [0.25, 0.3) is 0 Å². The van der Waals surface area contributed by atoms with Gasteiger partial charge in [-0.15, -0.1) is 0 Å². The Kier molecular flexibility index (Phi) is 3.64. The highest BCUT2D eigenvalue weighted by molar-refractivity contribution is 5.81. The van der Waals surface area contributed by atoms with Gasteiger partial charge in [0.2, 0.25) is 5.91 Å². The lowest BCUT2D eigenvalue weighted by Crippen LogP contribution is -2.53. The molecule has 2 fully saturated rings. The summed E-state index contributed by atoms with van der Waals surface area (Å²) < 4.78 is 0. The lowest BCUT2D eigenvalue weighted by molar-refractivity contribution is -0.142. The third-order valence-electron chi connectivity index (χ3n) is 6.84. The monoisotopic (exact) mass is 340 g/mol. The minimum Gasteiger partial charge on any atom is -0.376 e. The summed E-state index contributed by atoms with van der Waals surface area (Å²) in [6.07, 6.45) is 15.4. The summed E-state index contributed by atoms with van der Waals surface area (Å²) >= 11 is 0. The number of aromatic amines is 1.